The van der Waals surface area contributed by atoms with Crippen LogP contribution in [-0.4, -0.2) is 72.7 Å². The van der Waals surface area contributed by atoms with E-state index in [1.807, 2.05) is 42.6 Å². The lowest BCUT2D eigenvalue weighted by atomic mass is 9.86. The number of aryl methyl sites for hydroxylation is 1. The Hall–Kier alpha value is -4.38. The van der Waals surface area contributed by atoms with Crippen LogP contribution in [0, 0.1) is 0 Å². The highest BCUT2D eigenvalue weighted by atomic mass is 16.7. The number of hydrogen-bond donors (Lipinski definition) is 2. The number of carbonyl (C=O) groups is 2. The molecule has 0 unspecified atom stereocenters. The zero-order chi connectivity index (χ0) is 27.2. The third-order valence-electron chi connectivity index (χ3n) is 8.04. The average molecular weight is 543 g/mol. The molecule has 1 saturated heterocycles. The lowest BCUT2D eigenvalue weighted by Gasteiger charge is -2.47. The van der Waals surface area contributed by atoms with Crippen LogP contribution in [0.3, 0.4) is 0 Å². The highest BCUT2D eigenvalue weighted by molar-refractivity contribution is 5.97. The Morgan fingerprint density at radius 3 is 2.83 bits per heavy atom. The Morgan fingerprint density at radius 2 is 1.93 bits per heavy atom. The molecule has 0 saturated carbocycles. The molecule has 40 heavy (non-hydrogen) atoms. The Balaban J connectivity index is 1.20. The van der Waals surface area contributed by atoms with E-state index in [9.17, 15) is 9.59 Å². The number of nitrogens with zero attached hydrogens (tertiary/aromatic N) is 5. The highest BCUT2D eigenvalue weighted by Gasteiger charge is 2.48. The number of unbranched alkanes of at least 4 members (excludes halogenated alkanes) is 2. The standard InChI is InChI=1S/C29H30N6O5/c36-11-5-1-4-10-34-15-19(31-32-34)14-33-16-26(37)35-23(29(33)38)13-21-20-6-2-3-7-22(20)30-27(21)28(35)18-8-9-24-25(12-18)40-17-39-24/h2-3,6-9,12,15,23,28,30,36H,1,4-5,10-11,13-14,16-17H2/t23-,28-/m1/s1. The van der Waals surface area contributed by atoms with Crippen molar-refractivity contribution < 1.29 is 24.2 Å². The topological polar surface area (TPSA) is 126 Å². The number of benzene rings is 2. The number of piperazine rings is 1. The molecule has 5 heterocycles. The van der Waals surface area contributed by atoms with Crippen LogP contribution in [-0.2, 0) is 29.1 Å². The van der Waals surface area contributed by atoms with Gasteiger partial charge < -0.3 is 29.4 Å². The summed E-state index contributed by atoms with van der Waals surface area (Å²) in [6, 6.07) is 12.7. The molecule has 0 radical (unpaired) electrons. The normalized spacial score (nSPS) is 19.8. The summed E-state index contributed by atoms with van der Waals surface area (Å²) in [5.74, 6) is 1.09. The van der Waals surface area contributed by atoms with E-state index in [0.29, 0.717) is 30.2 Å². The molecule has 2 N–H and O–H groups in total. The fourth-order valence-corrected chi connectivity index (χ4v) is 6.17. The fourth-order valence-electron chi connectivity index (χ4n) is 6.17. The summed E-state index contributed by atoms with van der Waals surface area (Å²) in [7, 11) is 0. The van der Waals surface area contributed by atoms with Gasteiger partial charge in [-0.1, -0.05) is 29.5 Å². The molecule has 4 aromatic rings. The first kappa shape index (κ1) is 24.6. The van der Waals surface area contributed by atoms with Crippen molar-refractivity contribution in [3.05, 3.63) is 71.2 Å². The van der Waals surface area contributed by atoms with Gasteiger partial charge in [-0.2, -0.15) is 0 Å². The lowest BCUT2D eigenvalue weighted by molar-refractivity contribution is -0.159. The number of ether oxygens (including phenoxy) is 2. The van der Waals surface area contributed by atoms with E-state index in [1.54, 1.807) is 14.5 Å². The SMILES string of the molecule is O=C1[C@H]2Cc3c([nH]c4ccccc34)[C@@H](c3ccc4c(c3)OCO4)N2C(=O)CN1Cc1cn(CCCCCO)nn1. The first-order valence-corrected chi connectivity index (χ1v) is 13.7. The third-order valence-corrected chi connectivity index (χ3v) is 8.04. The smallest absolute Gasteiger partial charge is 0.246 e. The summed E-state index contributed by atoms with van der Waals surface area (Å²) >= 11 is 0. The predicted octanol–water partition coefficient (Wildman–Crippen LogP) is 2.54. The van der Waals surface area contributed by atoms with Crippen molar-refractivity contribution in [1.29, 1.82) is 0 Å². The van der Waals surface area contributed by atoms with Crippen molar-refractivity contribution in [1.82, 2.24) is 29.8 Å². The number of aromatic amines is 1. The number of aliphatic hydroxyl groups excluding tert-OH is 1. The van der Waals surface area contributed by atoms with Gasteiger partial charge in [-0.05, 0) is 48.6 Å². The molecule has 206 valence electrons. The molecule has 0 spiro atoms. The highest BCUT2D eigenvalue weighted by Crippen LogP contribution is 2.45. The van der Waals surface area contributed by atoms with Gasteiger partial charge in [0.25, 0.3) is 0 Å². The van der Waals surface area contributed by atoms with E-state index in [1.165, 1.54) is 0 Å². The molecular formula is C29H30N6O5. The van der Waals surface area contributed by atoms with Crippen molar-refractivity contribution in [2.24, 2.45) is 0 Å². The van der Waals surface area contributed by atoms with Gasteiger partial charge in [0.05, 0.1) is 18.8 Å². The van der Waals surface area contributed by atoms with E-state index in [4.69, 9.17) is 14.6 Å². The zero-order valence-corrected chi connectivity index (χ0v) is 22.0. The number of nitrogens with one attached hydrogen (secondary N) is 1. The minimum atomic E-state index is -0.642. The first-order valence-electron chi connectivity index (χ1n) is 13.7. The molecule has 2 amide bonds. The summed E-state index contributed by atoms with van der Waals surface area (Å²) in [5, 5.41) is 18.5. The summed E-state index contributed by atoms with van der Waals surface area (Å²) in [4.78, 5) is 34.7. The quantitative estimate of drug-likeness (QED) is 0.328. The van der Waals surface area contributed by atoms with Gasteiger partial charge in [0.2, 0.25) is 18.6 Å². The molecule has 2 atom stereocenters. The number of amides is 2. The molecule has 0 aliphatic carbocycles. The van der Waals surface area contributed by atoms with Gasteiger partial charge in [0.15, 0.2) is 11.5 Å². The molecule has 3 aliphatic rings. The monoisotopic (exact) mass is 542 g/mol. The van der Waals surface area contributed by atoms with Gasteiger partial charge in [-0.25, -0.2) is 0 Å². The summed E-state index contributed by atoms with van der Waals surface area (Å²) < 4.78 is 12.9. The number of rotatable bonds is 8. The van der Waals surface area contributed by atoms with Gasteiger partial charge in [-0.3, -0.25) is 14.3 Å². The molecule has 11 nitrogen and oxygen atoms in total. The Labute approximate surface area is 230 Å². The summed E-state index contributed by atoms with van der Waals surface area (Å²) in [6.45, 7) is 1.22. The van der Waals surface area contributed by atoms with Gasteiger partial charge >= 0.3 is 0 Å². The van der Waals surface area contributed by atoms with Crippen molar-refractivity contribution in [2.75, 3.05) is 19.9 Å². The van der Waals surface area contributed by atoms with Crippen LogP contribution in [0.5, 0.6) is 11.5 Å². The maximum absolute atomic E-state index is 14.0. The second-order valence-electron chi connectivity index (χ2n) is 10.6. The molecule has 3 aliphatic heterocycles. The maximum atomic E-state index is 14.0. The maximum Gasteiger partial charge on any atom is 0.246 e. The van der Waals surface area contributed by atoms with Crippen LogP contribution in [0.25, 0.3) is 10.9 Å². The molecular weight excluding hydrogens is 512 g/mol. The van der Waals surface area contributed by atoms with E-state index in [-0.39, 0.29) is 38.3 Å². The van der Waals surface area contributed by atoms with Crippen molar-refractivity contribution in [3.8, 4) is 11.5 Å². The number of hydrogen-bond acceptors (Lipinski definition) is 7. The third kappa shape index (κ3) is 4.17. The fraction of sp³-hybridized carbons (Fsp3) is 0.379. The molecule has 2 aromatic carbocycles. The number of fused-ring (bicyclic) bond motifs is 5. The Bertz CT molecular complexity index is 1590. The molecule has 1 fully saturated rings. The van der Waals surface area contributed by atoms with Crippen molar-refractivity contribution in [3.63, 3.8) is 0 Å². The van der Waals surface area contributed by atoms with Crippen LogP contribution < -0.4 is 9.47 Å². The first-order chi connectivity index (χ1) is 19.6. The van der Waals surface area contributed by atoms with Crippen molar-refractivity contribution >= 4 is 22.7 Å². The summed E-state index contributed by atoms with van der Waals surface area (Å²) in [6.07, 6.45) is 4.81. The van der Waals surface area contributed by atoms with Crippen LogP contribution >= 0.6 is 0 Å². The van der Waals surface area contributed by atoms with Crippen LogP contribution in [0.4, 0.5) is 0 Å². The Kier molecular flexibility index (Phi) is 6.15. The largest absolute Gasteiger partial charge is 0.454 e. The van der Waals surface area contributed by atoms with E-state index in [0.717, 1.165) is 47.0 Å². The number of carbonyl (C=O) groups excluding carboxylic acids is 2. The number of aliphatic hydroxyl groups is 1. The molecule has 2 aromatic heterocycles. The minimum absolute atomic E-state index is 0.0324. The molecule has 7 rings (SSSR count). The van der Waals surface area contributed by atoms with E-state index < -0.39 is 12.1 Å². The van der Waals surface area contributed by atoms with Crippen LogP contribution in [0.2, 0.25) is 0 Å². The lowest BCUT2D eigenvalue weighted by Crippen LogP contribution is -2.62. The van der Waals surface area contributed by atoms with Crippen LogP contribution in [0.15, 0.2) is 48.7 Å². The minimum Gasteiger partial charge on any atom is -0.454 e. The van der Waals surface area contributed by atoms with Gasteiger partial charge in [0, 0.05) is 36.2 Å². The van der Waals surface area contributed by atoms with E-state index in [2.05, 4.69) is 21.4 Å². The second-order valence-corrected chi connectivity index (χ2v) is 10.6. The number of para-hydroxylation sites is 1. The summed E-state index contributed by atoms with van der Waals surface area (Å²) in [5.41, 5.74) is 4.46. The van der Waals surface area contributed by atoms with Gasteiger partial charge in [-0.15, -0.1) is 5.10 Å². The second kappa shape index (κ2) is 9.98. The Morgan fingerprint density at radius 1 is 1.05 bits per heavy atom. The molecule has 11 heteroatoms. The van der Waals surface area contributed by atoms with E-state index >= 15 is 0 Å². The van der Waals surface area contributed by atoms with Crippen LogP contribution in [0.1, 0.15) is 47.8 Å². The number of aromatic nitrogens is 4. The average Bonchev–Trinajstić information content (AvgIpc) is 3.71. The van der Waals surface area contributed by atoms with Gasteiger partial charge in [0.1, 0.15) is 18.3 Å². The zero-order valence-electron chi connectivity index (χ0n) is 22.0. The van der Waals surface area contributed by atoms with Crippen molar-refractivity contribution in [2.45, 2.75) is 50.9 Å². The number of H-pyrrole nitrogens is 1. The molecule has 0 bridgehead atoms. The predicted molar refractivity (Wildman–Crippen MR) is 143 cm³/mol.